The van der Waals surface area contributed by atoms with Crippen LogP contribution in [0, 0.1) is 0 Å². The van der Waals surface area contributed by atoms with Crippen LogP contribution in [0.5, 0.6) is 0 Å². The number of amides is 2. The van der Waals surface area contributed by atoms with E-state index in [1.54, 1.807) is 12.4 Å². The molecule has 1 heterocycles. The van der Waals surface area contributed by atoms with Gasteiger partial charge in [-0.3, -0.25) is 25.4 Å². The van der Waals surface area contributed by atoms with Crippen molar-refractivity contribution in [1.29, 1.82) is 0 Å². The van der Waals surface area contributed by atoms with E-state index < -0.39 is 15.9 Å². The van der Waals surface area contributed by atoms with Crippen LogP contribution in [0.4, 0.5) is 0 Å². The van der Waals surface area contributed by atoms with Gasteiger partial charge in [0.05, 0.1) is 10.6 Å². The van der Waals surface area contributed by atoms with E-state index in [0.717, 1.165) is 11.1 Å². The molecular weight excluding hydrogens is 448 g/mol. The molecule has 32 heavy (non-hydrogen) atoms. The van der Waals surface area contributed by atoms with Crippen LogP contribution in [0.1, 0.15) is 21.5 Å². The highest BCUT2D eigenvalue weighted by atomic mass is 32.2. The van der Waals surface area contributed by atoms with E-state index in [0.29, 0.717) is 5.75 Å². The molecule has 0 aliphatic rings. The minimum atomic E-state index is -3.81. The lowest BCUT2D eigenvalue weighted by atomic mass is 10.2. The first-order chi connectivity index (χ1) is 15.4. The molecular formula is C22H22N4O4S2. The summed E-state index contributed by atoms with van der Waals surface area (Å²) >= 11 is 1.38. The average Bonchev–Trinajstić information content (AvgIpc) is 2.83. The maximum atomic E-state index is 12.6. The van der Waals surface area contributed by atoms with Crippen molar-refractivity contribution >= 4 is 33.6 Å². The molecule has 1 aromatic heterocycles. The molecule has 8 nitrogen and oxygen atoms in total. The molecule has 0 saturated heterocycles. The molecule has 0 spiro atoms. The summed E-state index contributed by atoms with van der Waals surface area (Å²) in [6.45, 7) is 0.131. The molecule has 166 valence electrons. The fourth-order valence-corrected chi connectivity index (χ4v) is 4.47. The van der Waals surface area contributed by atoms with Crippen molar-refractivity contribution in [2.75, 3.05) is 5.75 Å². The lowest BCUT2D eigenvalue weighted by Gasteiger charge is -2.10. The van der Waals surface area contributed by atoms with Gasteiger partial charge in [0.25, 0.3) is 5.91 Å². The first-order valence-corrected chi connectivity index (χ1v) is 12.3. The zero-order chi connectivity index (χ0) is 22.8. The largest absolute Gasteiger partial charge is 0.272 e. The number of benzene rings is 2. The molecule has 0 saturated carbocycles. The van der Waals surface area contributed by atoms with Crippen LogP contribution in [0.25, 0.3) is 0 Å². The number of aromatic nitrogens is 1. The minimum Gasteiger partial charge on any atom is -0.272 e. The smallest absolute Gasteiger partial charge is 0.269 e. The highest BCUT2D eigenvalue weighted by Gasteiger charge is 2.16. The average molecular weight is 471 g/mol. The summed E-state index contributed by atoms with van der Waals surface area (Å²) in [5.74, 6) is -0.228. The van der Waals surface area contributed by atoms with Crippen LogP contribution in [-0.2, 0) is 27.1 Å². The number of hydrogen-bond donors (Lipinski definition) is 3. The van der Waals surface area contributed by atoms with Crippen LogP contribution < -0.4 is 15.6 Å². The van der Waals surface area contributed by atoms with Crippen LogP contribution in [0.3, 0.4) is 0 Å². The van der Waals surface area contributed by atoms with Gasteiger partial charge in [0.1, 0.15) is 0 Å². The second-order valence-corrected chi connectivity index (χ2v) is 9.45. The number of carbonyl (C=O) groups excluding carboxylic acids is 2. The fourth-order valence-electron chi connectivity index (χ4n) is 2.64. The predicted molar refractivity (Wildman–Crippen MR) is 123 cm³/mol. The van der Waals surface area contributed by atoms with Gasteiger partial charge >= 0.3 is 0 Å². The second-order valence-electron chi connectivity index (χ2n) is 6.69. The Kier molecular flexibility index (Phi) is 8.37. The van der Waals surface area contributed by atoms with Crippen molar-refractivity contribution in [3.63, 3.8) is 0 Å². The van der Waals surface area contributed by atoms with Crippen LogP contribution in [0.2, 0.25) is 0 Å². The van der Waals surface area contributed by atoms with Gasteiger partial charge < -0.3 is 0 Å². The van der Waals surface area contributed by atoms with Crippen molar-refractivity contribution in [3.05, 3.63) is 95.8 Å². The number of hydrazine groups is 1. The first-order valence-electron chi connectivity index (χ1n) is 9.63. The van der Waals surface area contributed by atoms with Crippen molar-refractivity contribution in [3.8, 4) is 0 Å². The van der Waals surface area contributed by atoms with Crippen LogP contribution in [0.15, 0.2) is 84.0 Å². The standard InChI is InChI=1S/C22H22N4O4S2/c27-21(16-31-15-18-8-5-11-23-13-18)25-26-22(28)19-9-4-10-20(12-19)32(29,30)24-14-17-6-2-1-3-7-17/h1-13,24H,14-16H2,(H,25,27)(H,26,28). The van der Waals surface area contributed by atoms with Crippen LogP contribution >= 0.6 is 11.8 Å². The van der Waals surface area contributed by atoms with Gasteiger partial charge in [0, 0.05) is 30.3 Å². The second kappa shape index (κ2) is 11.4. The van der Waals surface area contributed by atoms with E-state index in [1.807, 2.05) is 42.5 Å². The first kappa shape index (κ1) is 23.5. The zero-order valence-corrected chi connectivity index (χ0v) is 18.7. The normalized spacial score (nSPS) is 11.0. The molecule has 0 aliphatic heterocycles. The van der Waals surface area contributed by atoms with Crippen molar-refractivity contribution in [1.82, 2.24) is 20.6 Å². The van der Waals surface area contributed by atoms with Gasteiger partial charge in [0.2, 0.25) is 15.9 Å². The maximum absolute atomic E-state index is 12.6. The molecule has 0 radical (unpaired) electrons. The Labute approximate surface area is 190 Å². The van der Waals surface area contributed by atoms with E-state index in [9.17, 15) is 18.0 Å². The molecule has 0 aliphatic carbocycles. The third-order valence-electron chi connectivity index (χ3n) is 4.26. The minimum absolute atomic E-state index is 0.0422. The number of rotatable bonds is 9. The molecule has 10 heteroatoms. The third-order valence-corrected chi connectivity index (χ3v) is 6.66. The highest BCUT2D eigenvalue weighted by Crippen LogP contribution is 2.13. The van der Waals surface area contributed by atoms with E-state index >= 15 is 0 Å². The van der Waals surface area contributed by atoms with E-state index in [1.165, 1.54) is 36.0 Å². The summed E-state index contributed by atoms with van der Waals surface area (Å²) in [6.07, 6.45) is 3.40. The Morgan fingerprint density at radius 2 is 1.69 bits per heavy atom. The molecule has 0 bridgehead atoms. The zero-order valence-electron chi connectivity index (χ0n) is 17.0. The van der Waals surface area contributed by atoms with E-state index in [2.05, 4.69) is 20.6 Å². The van der Waals surface area contributed by atoms with E-state index in [4.69, 9.17) is 0 Å². The van der Waals surface area contributed by atoms with Gasteiger partial charge in [-0.1, -0.05) is 42.5 Å². The Bertz CT molecular complexity index is 1160. The van der Waals surface area contributed by atoms with Crippen molar-refractivity contribution < 1.29 is 18.0 Å². The lowest BCUT2D eigenvalue weighted by Crippen LogP contribution is -2.42. The summed E-state index contributed by atoms with van der Waals surface area (Å²) < 4.78 is 27.6. The lowest BCUT2D eigenvalue weighted by molar-refractivity contribution is -0.119. The molecule has 0 atom stereocenters. The molecule has 3 rings (SSSR count). The van der Waals surface area contributed by atoms with Crippen LogP contribution in [-0.4, -0.2) is 31.0 Å². The number of nitrogens with zero attached hydrogens (tertiary/aromatic N) is 1. The molecule has 0 fully saturated rings. The SMILES string of the molecule is O=C(CSCc1cccnc1)NNC(=O)c1cccc(S(=O)(=O)NCc2ccccc2)c1. The number of pyridine rings is 1. The highest BCUT2D eigenvalue weighted by molar-refractivity contribution is 7.99. The topological polar surface area (TPSA) is 117 Å². The molecule has 2 aromatic carbocycles. The quantitative estimate of drug-likeness (QED) is 0.413. The van der Waals surface area contributed by atoms with Crippen molar-refractivity contribution in [2.24, 2.45) is 0 Å². The number of sulfonamides is 1. The third kappa shape index (κ3) is 7.19. The summed E-state index contributed by atoms with van der Waals surface area (Å²) in [5, 5.41) is 0. The van der Waals surface area contributed by atoms with Crippen molar-refractivity contribution in [2.45, 2.75) is 17.2 Å². The number of hydrogen-bond acceptors (Lipinski definition) is 6. The summed E-state index contributed by atoms with van der Waals surface area (Å²) in [7, 11) is -3.81. The number of nitrogens with one attached hydrogen (secondary N) is 3. The fraction of sp³-hybridized carbons (Fsp3) is 0.136. The predicted octanol–water partition coefficient (Wildman–Crippen LogP) is 2.25. The Balaban J connectivity index is 1.50. The molecule has 2 amide bonds. The van der Waals surface area contributed by atoms with Gasteiger partial charge in [-0.25, -0.2) is 13.1 Å². The summed E-state index contributed by atoms with van der Waals surface area (Å²) in [4.78, 5) is 28.3. The Morgan fingerprint density at radius 3 is 2.44 bits per heavy atom. The molecule has 3 aromatic rings. The van der Waals surface area contributed by atoms with Gasteiger partial charge in [-0.2, -0.15) is 0 Å². The summed E-state index contributed by atoms with van der Waals surface area (Å²) in [6, 6.07) is 18.4. The van der Waals surface area contributed by atoms with Gasteiger partial charge in [-0.15, -0.1) is 11.8 Å². The monoisotopic (exact) mass is 470 g/mol. The number of thioether (sulfide) groups is 1. The Hall–Kier alpha value is -3.21. The van der Waals surface area contributed by atoms with Gasteiger partial charge in [-0.05, 0) is 35.4 Å². The van der Waals surface area contributed by atoms with E-state index in [-0.39, 0.29) is 28.7 Å². The summed E-state index contributed by atoms with van der Waals surface area (Å²) in [5.41, 5.74) is 6.55. The molecule has 3 N–H and O–H groups in total. The Morgan fingerprint density at radius 1 is 0.906 bits per heavy atom. The maximum Gasteiger partial charge on any atom is 0.269 e. The molecule has 0 unspecified atom stereocenters. The number of carbonyl (C=O) groups is 2. The van der Waals surface area contributed by atoms with Gasteiger partial charge in [0.15, 0.2) is 0 Å².